The van der Waals surface area contributed by atoms with Gasteiger partial charge in [0.1, 0.15) is 5.82 Å². The van der Waals surface area contributed by atoms with Crippen LogP contribution in [0.1, 0.15) is 51.5 Å². The molecular weight excluding hydrogens is 369 g/mol. The summed E-state index contributed by atoms with van der Waals surface area (Å²) in [4.78, 5) is 31.9. The van der Waals surface area contributed by atoms with E-state index in [1.54, 1.807) is 19.1 Å². The summed E-state index contributed by atoms with van der Waals surface area (Å²) >= 11 is 0. The van der Waals surface area contributed by atoms with Crippen LogP contribution in [0.4, 0.5) is 4.39 Å². The normalized spacial score (nSPS) is 31.1. The van der Waals surface area contributed by atoms with Crippen LogP contribution in [0.5, 0.6) is 0 Å². The second-order valence-corrected chi connectivity index (χ2v) is 9.45. The van der Waals surface area contributed by atoms with Crippen molar-refractivity contribution in [3.8, 4) is 0 Å². The van der Waals surface area contributed by atoms with Crippen LogP contribution in [0, 0.1) is 11.2 Å². The number of likely N-dealkylation sites (tertiary alicyclic amines) is 2. The average molecular weight is 402 g/mol. The highest BCUT2D eigenvalue weighted by Gasteiger charge is 2.60. The van der Waals surface area contributed by atoms with E-state index in [4.69, 9.17) is 0 Å². The molecule has 2 heterocycles. The lowest BCUT2D eigenvalue weighted by Crippen LogP contribution is -2.55. The first kappa shape index (κ1) is 20.3. The van der Waals surface area contributed by atoms with E-state index in [2.05, 4.69) is 11.8 Å². The Kier molecular flexibility index (Phi) is 5.40. The van der Waals surface area contributed by atoms with Gasteiger partial charge in [-0.15, -0.1) is 0 Å². The van der Waals surface area contributed by atoms with Crippen molar-refractivity contribution in [2.75, 3.05) is 20.1 Å². The Morgan fingerprint density at radius 3 is 2.48 bits per heavy atom. The van der Waals surface area contributed by atoms with Gasteiger partial charge in [-0.25, -0.2) is 4.39 Å². The standard InChI is InChI=1S/C23H32FN3O2/c1-16(28)26-14-19-12-23(2)20(26)6-4-5-7-21(23)27(19)22(29)15-25(3)13-17-8-10-18(24)11-9-17/h8-11,19-21H,4-7,12-15H2,1-3H3/t19-,20+,21-,23+/m0/s1. The second kappa shape index (κ2) is 7.71. The molecule has 3 aliphatic rings. The van der Waals surface area contributed by atoms with Crippen LogP contribution >= 0.6 is 0 Å². The maximum absolute atomic E-state index is 13.4. The molecule has 2 aliphatic heterocycles. The van der Waals surface area contributed by atoms with Crippen molar-refractivity contribution < 1.29 is 14.0 Å². The number of likely N-dealkylation sites (N-methyl/N-ethyl adjacent to an activating group) is 1. The Labute approximate surface area is 172 Å². The van der Waals surface area contributed by atoms with Gasteiger partial charge in [0.15, 0.2) is 0 Å². The molecule has 0 radical (unpaired) electrons. The van der Waals surface area contributed by atoms with Crippen molar-refractivity contribution in [1.82, 2.24) is 14.7 Å². The molecule has 0 N–H and O–H groups in total. The van der Waals surface area contributed by atoms with Gasteiger partial charge in [-0.1, -0.05) is 31.9 Å². The third-order valence-electron chi connectivity index (χ3n) is 7.38. The highest BCUT2D eigenvalue weighted by Crippen LogP contribution is 2.53. The topological polar surface area (TPSA) is 43.9 Å². The van der Waals surface area contributed by atoms with Gasteiger partial charge in [0, 0.05) is 37.5 Å². The highest BCUT2D eigenvalue weighted by molar-refractivity contribution is 5.80. The van der Waals surface area contributed by atoms with Crippen molar-refractivity contribution in [3.63, 3.8) is 0 Å². The van der Waals surface area contributed by atoms with Crippen LogP contribution in [0.3, 0.4) is 0 Å². The van der Waals surface area contributed by atoms with Crippen LogP contribution in [-0.2, 0) is 16.1 Å². The fraction of sp³-hybridized carbons (Fsp3) is 0.652. The van der Waals surface area contributed by atoms with Crippen LogP contribution in [-0.4, -0.2) is 64.8 Å². The number of fused-ring (bicyclic) bond motifs is 1. The highest BCUT2D eigenvalue weighted by atomic mass is 19.1. The number of halogens is 1. The smallest absolute Gasteiger partial charge is 0.237 e. The van der Waals surface area contributed by atoms with E-state index in [1.165, 1.54) is 12.1 Å². The van der Waals surface area contributed by atoms with Crippen molar-refractivity contribution in [1.29, 1.82) is 0 Å². The average Bonchev–Trinajstić information content (AvgIpc) is 2.77. The number of rotatable bonds is 4. The molecule has 2 bridgehead atoms. The summed E-state index contributed by atoms with van der Waals surface area (Å²) in [6.45, 7) is 5.57. The monoisotopic (exact) mass is 401 g/mol. The molecule has 2 saturated heterocycles. The predicted octanol–water partition coefficient (Wildman–Crippen LogP) is 3.04. The third-order valence-corrected chi connectivity index (χ3v) is 7.38. The molecule has 3 fully saturated rings. The molecule has 1 aromatic rings. The summed E-state index contributed by atoms with van der Waals surface area (Å²) in [7, 11) is 1.93. The van der Waals surface area contributed by atoms with E-state index in [0.29, 0.717) is 19.6 Å². The summed E-state index contributed by atoms with van der Waals surface area (Å²) in [5.74, 6) is 0.0386. The van der Waals surface area contributed by atoms with Gasteiger partial charge in [0.05, 0.1) is 12.6 Å². The van der Waals surface area contributed by atoms with Crippen LogP contribution < -0.4 is 0 Å². The first-order chi connectivity index (χ1) is 13.8. The number of amides is 2. The largest absolute Gasteiger partial charge is 0.337 e. The lowest BCUT2D eigenvalue weighted by atomic mass is 9.71. The maximum Gasteiger partial charge on any atom is 0.237 e. The zero-order valence-electron chi connectivity index (χ0n) is 17.7. The molecule has 1 aromatic carbocycles. The number of carbonyl (C=O) groups is 2. The molecule has 1 aliphatic carbocycles. The fourth-order valence-electron chi connectivity index (χ4n) is 6.16. The molecule has 29 heavy (non-hydrogen) atoms. The van der Waals surface area contributed by atoms with Gasteiger partial charge in [0.2, 0.25) is 11.8 Å². The molecule has 4 atom stereocenters. The minimum Gasteiger partial charge on any atom is -0.337 e. The van der Waals surface area contributed by atoms with E-state index < -0.39 is 0 Å². The zero-order chi connectivity index (χ0) is 20.8. The molecule has 6 heteroatoms. The molecule has 5 nitrogen and oxygen atoms in total. The second-order valence-electron chi connectivity index (χ2n) is 9.45. The molecule has 0 unspecified atom stereocenters. The summed E-state index contributed by atoms with van der Waals surface area (Å²) in [6, 6.07) is 7.03. The Morgan fingerprint density at radius 2 is 1.83 bits per heavy atom. The molecular formula is C23H32FN3O2. The first-order valence-corrected chi connectivity index (χ1v) is 10.8. The van der Waals surface area contributed by atoms with Gasteiger partial charge >= 0.3 is 0 Å². The first-order valence-electron chi connectivity index (χ1n) is 10.8. The number of piperidine rings is 1. The lowest BCUT2D eigenvalue weighted by molar-refractivity contribution is -0.138. The quantitative estimate of drug-likeness (QED) is 0.779. The Balaban J connectivity index is 1.51. The zero-order valence-corrected chi connectivity index (χ0v) is 17.7. The molecule has 158 valence electrons. The number of benzene rings is 1. The van der Waals surface area contributed by atoms with Crippen LogP contribution in [0.2, 0.25) is 0 Å². The third kappa shape index (κ3) is 3.67. The minimum atomic E-state index is -0.247. The SMILES string of the molecule is CC(=O)N1C[C@@H]2C[C@@]3(C)[C@H](CCCC[C@@H]13)N2C(=O)CN(C)Cc1ccc(F)cc1. The Hall–Kier alpha value is -1.95. The Morgan fingerprint density at radius 1 is 1.17 bits per heavy atom. The predicted molar refractivity (Wildman–Crippen MR) is 110 cm³/mol. The van der Waals surface area contributed by atoms with Crippen molar-refractivity contribution in [2.24, 2.45) is 5.41 Å². The van der Waals surface area contributed by atoms with Crippen molar-refractivity contribution in [3.05, 3.63) is 35.6 Å². The van der Waals surface area contributed by atoms with Crippen molar-refractivity contribution >= 4 is 11.8 Å². The van der Waals surface area contributed by atoms with Gasteiger partial charge in [-0.3, -0.25) is 14.5 Å². The summed E-state index contributed by atoms with van der Waals surface area (Å²) in [5, 5.41) is 0. The number of hydrogen-bond donors (Lipinski definition) is 0. The van der Waals surface area contributed by atoms with Gasteiger partial charge in [0.25, 0.3) is 0 Å². The molecule has 0 aromatic heterocycles. The van der Waals surface area contributed by atoms with Crippen molar-refractivity contribution in [2.45, 2.75) is 70.6 Å². The van der Waals surface area contributed by atoms with E-state index in [-0.39, 0.29) is 41.2 Å². The number of carbonyl (C=O) groups excluding carboxylic acids is 2. The van der Waals surface area contributed by atoms with E-state index in [0.717, 1.165) is 37.7 Å². The molecule has 1 saturated carbocycles. The molecule has 0 spiro atoms. The maximum atomic E-state index is 13.4. The number of nitrogens with zero attached hydrogens (tertiary/aromatic N) is 3. The Bertz CT molecular complexity index is 783. The van der Waals surface area contributed by atoms with Gasteiger partial charge in [-0.05, 0) is 44.0 Å². The molecule has 4 rings (SSSR count). The van der Waals surface area contributed by atoms with Gasteiger partial charge in [-0.2, -0.15) is 0 Å². The minimum absolute atomic E-state index is 0.00370. The summed E-state index contributed by atoms with van der Waals surface area (Å²) < 4.78 is 13.1. The summed E-state index contributed by atoms with van der Waals surface area (Å²) in [6.07, 6.45) is 5.32. The van der Waals surface area contributed by atoms with E-state index in [9.17, 15) is 14.0 Å². The summed E-state index contributed by atoms with van der Waals surface area (Å²) in [5.41, 5.74) is 0.988. The van der Waals surface area contributed by atoms with E-state index >= 15 is 0 Å². The van der Waals surface area contributed by atoms with Gasteiger partial charge < -0.3 is 9.80 Å². The molecule has 2 amide bonds. The number of hydrogen-bond acceptors (Lipinski definition) is 3. The fourth-order valence-corrected chi connectivity index (χ4v) is 6.16. The van der Waals surface area contributed by atoms with Crippen LogP contribution in [0.25, 0.3) is 0 Å². The lowest BCUT2D eigenvalue weighted by Gasteiger charge is -2.46. The van der Waals surface area contributed by atoms with E-state index in [1.807, 2.05) is 16.8 Å². The van der Waals surface area contributed by atoms with Crippen LogP contribution in [0.15, 0.2) is 24.3 Å².